The zero-order valence-corrected chi connectivity index (χ0v) is 17.7. The lowest BCUT2D eigenvalue weighted by molar-refractivity contribution is -0.0370. The Labute approximate surface area is 179 Å². The van der Waals surface area contributed by atoms with Gasteiger partial charge in [0, 0.05) is 24.7 Å². The molecular formula is C22H25N5O4. The number of aromatic nitrogens is 4. The molecule has 0 saturated carbocycles. The van der Waals surface area contributed by atoms with Gasteiger partial charge in [0.05, 0.1) is 26.0 Å². The molecule has 1 aliphatic carbocycles. The molecule has 1 fully saturated rings. The van der Waals surface area contributed by atoms with Crippen molar-refractivity contribution in [2.45, 2.75) is 31.8 Å². The molecule has 1 saturated heterocycles. The summed E-state index contributed by atoms with van der Waals surface area (Å²) in [6.45, 7) is 1.30. The van der Waals surface area contributed by atoms with Crippen molar-refractivity contribution >= 4 is 5.91 Å². The third-order valence-corrected chi connectivity index (χ3v) is 5.94. The fraction of sp³-hybridized carbons (Fsp3) is 0.455. The summed E-state index contributed by atoms with van der Waals surface area (Å²) in [7, 11) is 3.47. The molecule has 162 valence electrons. The minimum absolute atomic E-state index is 0.0126. The smallest absolute Gasteiger partial charge is 0.272 e. The van der Waals surface area contributed by atoms with Crippen molar-refractivity contribution in [3.05, 3.63) is 47.1 Å². The molecule has 0 N–H and O–H groups in total. The van der Waals surface area contributed by atoms with E-state index in [2.05, 4.69) is 15.2 Å². The van der Waals surface area contributed by atoms with Gasteiger partial charge in [0.1, 0.15) is 11.4 Å². The van der Waals surface area contributed by atoms with Crippen LogP contribution in [0.15, 0.2) is 28.8 Å². The molecule has 3 heterocycles. The number of rotatable bonds is 4. The van der Waals surface area contributed by atoms with Gasteiger partial charge in [0.2, 0.25) is 5.82 Å². The molecule has 1 amide bonds. The standard InChI is InChI=1S/C22H25N5O4/c1-26-19(16-5-3-4-6-17(16)24-26)22(28)27-11-12-30-18(13-27)21-23-20(25-31-21)14-7-9-15(29-2)10-8-14/h7-10,18H,3-6,11-13H2,1-2H3/t18-/m0/s1. The summed E-state index contributed by atoms with van der Waals surface area (Å²) in [4.78, 5) is 19.7. The molecule has 0 radical (unpaired) electrons. The van der Waals surface area contributed by atoms with E-state index in [1.807, 2.05) is 31.3 Å². The molecular weight excluding hydrogens is 398 g/mol. The van der Waals surface area contributed by atoms with Crippen LogP contribution in [0.5, 0.6) is 5.75 Å². The maximum atomic E-state index is 13.3. The van der Waals surface area contributed by atoms with Gasteiger partial charge in [-0.1, -0.05) is 5.16 Å². The first-order valence-electron chi connectivity index (χ1n) is 10.6. The highest BCUT2D eigenvalue weighted by Crippen LogP contribution is 2.28. The summed E-state index contributed by atoms with van der Waals surface area (Å²) in [5, 5.41) is 8.67. The van der Waals surface area contributed by atoms with Crippen LogP contribution in [0.1, 0.15) is 46.6 Å². The predicted molar refractivity (Wildman–Crippen MR) is 111 cm³/mol. The molecule has 2 aliphatic rings. The molecule has 2 aromatic heterocycles. The topological polar surface area (TPSA) is 95.5 Å². The van der Waals surface area contributed by atoms with Crippen LogP contribution in [0.4, 0.5) is 0 Å². The second kappa shape index (κ2) is 8.14. The number of fused-ring (bicyclic) bond motifs is 1. The van der Waals surface area contributed by atoms with E-state index in [9.17, 15) is 4.79 Å². The van der Waals surface area contributed by atoms with Gasteiger partial charge in [-0.25, -0.2) is 0 Å². The van der Waals surface area contributed by atoms with Crippen LogP contribution >= 0.6 is 0 Å². The van der Waals surface area contributed by atoms with E-state index < -0.39 is 6.10 Å². The summed E-state index contributed by atoms with van der Waals surface area (Å²) in [6, 6.07) is 7.43. The average molecular weight is 423 g/mol. The monoisotopic (exact) mass is 423 g/mol. The van der Waals surface area contributed by atoms with Gasteiger partial charge in [-0.15, -0.1) is 0 Å². The molecule has 9 heteroatoms. The fourth-order valence-corrected chi connectivity index (χ4v) is 4.30. The van der Waals surface area contributed by atoms with Crippen LogP contribution in [0.3, 0.4) is 0 Å². The van der Waals surface area contributed by atoms with Crippen molar-refractivity contribution in [2.24, 2.45) is 7.05 Å². The van der Waals surface area contributed by atoms with Crippen LogP contribution in [-0.4, -0.2) is 57.5 Å². The molecule has 31 heavy (non-hydrogen) atoms. The number of carbonyl (C=O) groups is 1. The van der Waals surface area contributed by atoms with E-state index in [0.717, 1.165) is 48.3 Å². The molecule has 9 nitrogen and oxygen atoms in total. The Hall–Kier alpha value is -3.20. The normalized spacial score (nSPS) is 18.6. The Morgan fingerprint density at radius 3 is 2.81 bits per heavy atom. The molecule has 3 aromatic rings. The quantitative estimate of drug-likeness (QED) is 0.636. The van der Waals surface area contributed by atoms with Crippen LogP contribution in [0, 0.1) is 0 Å². The van der Waals surface area contributed by atoms with Gasteiger partial charge in [-0.2, -0.15) is 10.1 Å². The van der Waals surface area contributed by atoms with Crippen LogP contribution in [0.25, 0.3) is 11.4 Å². The fourth-order valence-electron chi connectivity index (χ4n) is 4.30. The summed E-state index contributed by atoms with van der Waals surface area (Å²) in [6.07, 6.45) is 3.62. The highest BCUT2D eigenvalue weighted by molar-refractivity contribution is 5.94. The molecule has 0 unspecified atom stereocenters. The number of hydrogen-bond donors (Lipinski definition) is 0. The molecule has 0 spiro atoms. The number of benzene rings is 1. The van der Waals surface area contributed by atoms with E-state index >= 15 is 0 Å². The highest BCUT2D eigenvalue weighted by Gasteiger charge is 2.33. The van der Waals surface area contributed by atoms with Crippen molar-refractivity contribution < 1.29 is 18.8 Å². The maximum Gasteiger partial charge on any atom is 0.272 e. The third-order valence-electron chi connectivity index (χ3n) is 5.94. The largest absolute Gasteiger partial charge is 0.497 e. The molecule has 0 bridgehead atoms. The minimum Gasteiger partial charge on any atom is -0.497 e. The summed E-state index contributed by atoms with van der Waals surface area (Å²) in [5.41, 5.74) is 3.67. The summed E-state index contributed by atoms with van der Waals surface area (Å²) >= 11 is 0. The molecule has 1 atom stereocenters. The Bertz CT molecular complexity index is 1090. The van der Waals surface area contributed by atoms with Crippen molar-refractivity contribution in [1.29, 1.82) is 0 Å². The zero-order chi connectivity index (χ0) is 21.4. The zero-order valence-electron chi connectivity index (χ0n) is 17.7. The SMILES string of the molecule is COc1ccc(-c2noc([C@@H]3CN(C(=O)c4c5c(nn4C)CCCC5)CCO3)n2)cc1. The Kier molecular flexibility index (Phi) is 5.19. The van der Waals surface area contributed by atoms with E-state index in [4.69, 9.17) is 14.0 Å². The van der Waals surface area contributed by atoms with Gasteiger partial charge in [0.15, 0.2) is 6.10 Å². The van der Waals surface area contributed by atoms with Crippen LogP contribution in [-0.2, 0) is 24.6 Å². The van der Waals surface area contributed by atoms with Gasteiger partial charge >= 0.3 is 0 Å². The average Bonchev–Trinajstić information content (AvgIpc) is 3.43. The second-order valence-corrected chi connectivity index (χ2v) is 7.90. The lowest BCUT2D eigenvalue weighted by Crippen LogP contribution is -2.43. The number of carbonyl (C=O) groups excluding carboxylic acids is 1. The number of nitrogens with zero attached hydrogens (tertiary/aromatic N) is 5. The Morgan fingerprint density at radius 2 is 2.00 bits per heavy atom. The van der Waals surface area contributed by atoms with Gasteiger partial charge in [-0.3, -0.25) is 9.48 Å². The van der Waals surface area contributed by atoms with Crippen molar-refractivity contribution in [3.63, 3.8) is 0 Å². The van der Waals surface area contributed by atoms with Crippen LogP contribution < -0.4 is 4.74 Å². The van der Waals surface area contributed by atoms with Crippen molar-refractivity contribution in [3.8, 4) is 17.1 Å². The second-order valence-electron chi connectivity index (χ2n) is 7.90. The first kappa shape index (κ1) is 19.7. The number of morpholine rings is 1. The highest BCUT2D eigenvalue weighted by atomic mass is 16.5. The maximum absolute atomic E-state index is 13.3. The first-order chi connectivity index (χ1) is 15.1. The van der Waals surface area contributed by atoms with Gasteiger partial charge in [0.25, 0.3) is 11.8 Å². The third kappa shape index (κ3) is 3.69. The van der Waals surface area contributed by atoms with E-state index in [1.165, 1.54) is 0 Å². The number of ether oxygens (including phenoxy) is 2. The first-order valence-corrected chi connectivity index (χ1v) is 10.6. The summed E-state index contributed by atoms with van der Waals surface area (Å²) < 4.78 is 18.3. The Balaban J connectivity index is 1.33. The number of methoxy groups -OCH3 is 1. The van der Waals surface area contributed by atoms with E-state index in [0.29, 0.717) is 37.1 Å². The lowest BCUT2D eigenvalue weighted by atomic mass is 9.95. The van der Waals surface area contributed by atoms with Crippen molar-refractivity contribution in [1.82, 2.24) is 24.8 Å². The van der Waals surface area contributed by atoms with Crippen molar-refractivity contribution in [2.75, 3.05) is 26.8 Å². The minimum atomic E-state index is -0.457. The molecule has 1 aliphatic heterocycles. The number of aryl methyl sites for hydroxylation is 2. The molecule has 1 aromatic carbocycles. The lowest BCUT2D eigenvalue weighted by Gasteiger charge is -2.31. The van der Waals surface area contributed by atoms with Crippen LogP contribution in [0.2, 0.25) is 0 Å². The number of hydrogen-bond acceptors (Lipinski definition) is 7. The molecule has 5 rings (SSSR count). The summed E-state index contributed by atoms with van der Waals surface area (Å²) in [5.74, 6) is 1.59. The van der Waals surface area contributed by atoms with Gasteiger partial charge in [-0.05, 0) is 49.9 Å². The Morgan fingerprint density at radius 1 is 1.19 bits per heavy atom. The van der Waals surface area contributed by atoms with Gasteiger partial charge < -0.3 is 18.9 Å². The van der Waals surface area contributed by atoms with E-state index in [-0.39, 0.29) is 5.91 Å². The predicted octanol–water partition coefficient (Wildman–Crippen LogP) is 2.57. The van der Waals surface area contributed by atoms with E-state index in [1.54, 1.807) is 16.7 Å². The number of amides is 1.